The number of rotatable bonds is 6. The summed E-state index contributed by atoms with van der Waals surface area (Å²) in [5, 5.41) is 3.61. The van der Waals surface area contributed by atoms with E-state index in [9.17, 15) is 0 Å². The molecule has 0 heterocycles. The zero-order valence-electron chi connectivity index (χ0n) is 14.2. The van der Waals surface area contributed by atoms with E-state index in [1.54, 1.807) is 0 Å². The van der Waals surface area contributed by atoms with Gasteiger partial charge in [-0.1, -0.05) is 33.6 Å². The van der Waals surface area contributed by atoms with Crippen LogP contribution in [-0.4, -0.2) is 37.1 Å². The third-order valence-corrected chi connectivity index (χ3v) is 6.05. The number of hydrogen-bond donors (Lipinski definition) is 1. The summed E-state index contributed by atoms with van der Waals surface area (Å²) in [6, 6.07) is 1.64. The van der Waals surface area contributed by atoms with Crippen molar-refractivity contribution in [2.24, 2.45) is 17.8 Å². The summed E-state index contributed by atoms with van der Waals surface area (Å²) in [7, 11) is 2.17. The summed E-state index contributed by atoms with van der Waals surface area (Å²) < 4.78 is 0. The Hall–Kier alpha value is -0.0800. The Bertz CT molecular complexity index is 271. The monoisotopic (exact) mass is 280 g/mol. The molecule has 3 unspecified atom stereocenters. The van der Waals surface area contributed by atoms with Gasteiger partial charge in [-0.05, 0) is 63.5 Å². The normalized spacial score (nSPS) is 32.4. The van der Waals surface area contributed by atoms with Crippen LogP contribution in [-0.2, 0) is 0 Å². The quantitative estimate of drug-likeness (QED) is 0.793. The van der Waals surface area contributed by atoms with Crippen molar-refractivity contribution in [2.75, 3.05) is 20.1 Å². The van der Waals surface area contributed by atoms with Gasteiger partial charge in [0.25, 0.3) is 0 Å². The van der Waals surface area contributed by atoms with E-state index in [2.05, 4.69) is 38.0 Å². The van der Waals surface area contributed by atoms with E-state index in [0.717, 1.165) is 29.8 Å². The minimum atomic E-state index is 0.750. The second-order valence-corrected chi connectivity index (χ2v) is 7.50. The lowest BCUT2D eigenvalue weighted by Crippen LogP contribution is -2.47. The molecule has 2 nitrogen and oxygen atoms in total. The van der Waals surface area contributed by atoms with Crippen molar-refractivity contribution in [1.82, 2.24) is 10.2 Å². The van der Waals surface area contributed by atoms with Gasteiger partial charge in [0.1, 0.15) is 0 Å². The standard InChI is InChI=1S/C18H36N2/c1-5-20(17-8-6-7-9-17)13-16-12-15(14(2)3)10-11-18(16)19-4/h14-19H,5-13H2,1-4H3. The predicted octanol–water partition coefficient (Wildman–Crippen LogP) is 3.91. The Labute approximate surface area is 126 Å². The Morgan fingerprint density at radius 3 is 2.35 bits per heavy atom. The van der Waals surface area contributed by atoms with Gasteiger partial charge in [-0.2, -0.15) is 0 Å². The third kappa shape index (κ3) is 3.98. The summed E-state index contributed by atoms with van der Waals surface area (Å²) in [6.45, 7) is 9.75. The molecule has 20 heavy (non-hydrogen) atoms. The van der Waals surface area contributed by atoms with E-state index < -0.39 is 0 Å². The highest BCUT2D eigenvalue weighted by atomic mass is 15.2. The fourth-order valence-corrected chi connectivity index (χ4v) is 4.59. The van der Waals surface area contributed by atoms with Crippen molar-refractivity contribution in [3.8, 4) is 0 Å². The molecule has 0 aromatic carbocycles. The second kappa shape index (κ2) is 7.79. The van der Waals surface area contributed by atoms with Crippen molar-refractivity contribution >= 4 is 0 Å². The molecule has 0 radical (unpaired) electrons. The van der Waals surface area contributed by atoms with Gasteiger partial charge in [-0.3, -0.25) is 0 Å². The molecule has 1 N–H and O–H groups in total. The van der Waals surface area contributed by atoms with Gasteiger partial charge in [0.2, 0.25) is 0 Å². The summed E-state index contributed by atoms with van der Waals surface area (Å²) in [6.07, 6.45) is 10.0. The van der Waals surface area contributed by atoms with Gasteiger partial charge in [0.05, 0.1) is 0 Å². The molecule has 2 heteroatoms. The molecule has 0 saturated heterocycles. The average Bonchev–Trinajstić information content (AvgIpc) is 2.98. The molecule has 2 aliphatic carbocycles. The van der Waals surface area contributed by atoms with E-state index >= 15 is 0 Å². The topological polar surface area (TPSA) is 15.3 Å². The van der Waals surface area contributed by atoms with Crippen LogP contribution in [0.25, 0.3) is 0 Å². The van der Waals surface area contributed by atoms with E-state index in [-0.39, 0.29) is 0 Å². The van der Waals surface area contributed by atoms with Crippen molar-refractivity contribution in [3.05, 3.63) is 0 Å². The summed E-state index contributed by atoms with van der Waals surface area (Å²) in [5.74, 6) is 2.67. The van der Waals surface area contributed by atoms with Crippen LogP contribution < -0.4 is 5.32 Å². The molecule has 0 aromatic rings. The van der Waals surface area contributed by atoms with Gasteiger partial charge in [-0.25, -0.2) is 0 Å². The molecule has 0 amide bonds. The number of hydrogen-bond acceptors (Lipinski definition) is 2. The van der Waals surface area contributed by atoms with Crippen LogP contribution in [0.15, 0.2) is 0 Å². The Kier molecular flexibility index (Phi) is 6.35. The lowest BCUT2D eigenvalue weighted by Gasteiger charge is -2.41. The largest absolute Gasteiger partial charge is 0.317 e. The molecule has 0 spiro atoms. The molecule has 0 aliphatic heterocycles. The van der Waals surface area contributed by atoms with Gasteiger partial charge in [0, 0.05) is 18.6 Å². The molecule has 2 saturated carbocycles. The molecule has 0 bridgehead atoms. The van der Waals surface area contributed by atoms with E-state index in [1.165, 1.54) is 58.0 Å². The summed E-state index contributed by atoms with van der Waals surface area (Å²) in [5.41, 5.74) is 0. The van der Waals surface area contributed by atoms with Crippen molar-refractivity contribution in [1.29, 1.82) is 0 Å². The van der Waals surface area contributed by atoms with Crippen molar-refractivity contribution < 1.29 is 0 Å². The lowest BCUT2D eigenvalue weighted by atomic mass is 9.73. The maximum atomic E-state index is 3.61. The first kappa shape index (κ1) is 16.3. The van der Waals surface area contributed by atoms with Crippen LogP contribution in [0, 0.1) is 17.8 Å². The third-order valence-electron chi connectivity index (χ3n) is 6.05. The van der Waals surface area contributed by atoms with Crippen LogP contribution >= 0.6 is 0 Å². The fourth-order valence-electron chi connectivity index (χ4n) is 4.59. The van der Waals surface area contributed by atoms with Crippen molar-refractivity contribution in [2.45, 2.75) is 77.8 Å². The van der Waals surface area contributed by atoms with Gasteiger partial charge in [-0.15, -0.1) is 0 Å². The minimum absolute atomic E-state index is 0.750. The van der Waals surface area contributed by atoms with E-state index in [0.29, 0.717) is 0 Å². The zero-order chi connectivity index (χ0) is 14.5. The maximum absolute atomic E-state index is 3.61. The first-order chi connectivity index (χ1) is 9.65. The van der Waals surface area contributed by atoms with Crippen LogP contribution in [0.4, 0.5) is 0 Å². The van der Waals surface area contributed by atoms with Gasteiger partial charge < -0.3 is 10.2 Å². The lowest BCUT2D eigenvalue weighted by molar-refractivity contribution is 0.104. The SMILES string of the molecule is CCN(CC1CC(C(C)C)CCC1NC)C1CCCC1. The Morgan fingerprint density at radius 1 is 1.10 bits per heavy atom. The zero-order valence-corrected chi connectivity index (χ0v) is 14.2. The van der Waals surface area contributed by atoms with Crippen LogP contribution in [0.2, 0.25) is 0 Å². The van der Waals surface area contributed by atoms with E-state index in [4.69, 9.17) is 0 Å². The molecule has 3 atom stereocenters. The molecule has 118 valence electrons. The van der Waals surface area contributed by atoms with E-state index in [1.807, 2.05) is 0 Å². The molecular weight excluding hydrogens is 244 g/mol. The highest BCUT2D eigenvalue weighted by Gasteiger charge is 2.33. The van der Waals surface area contributed by atoms with Crippen molar-refractivity contribution in [3.63, 3.8) is 0 Å². The molecule has 2 aliphatic rings. The summed E-state index contributed by atoms with van der Waals surface area (Å²) >= 11 is 0. The first-order valence-electron chi connectivity index (χ1n) is 9.07. The molecule has 2 fully saturated rings. The fraction of sp³-hybridized carbons (Fsp3) is 1.00. The minimum Gasteiger partial charge on any atom is -0.317 e. The predicted molar refractivity (Wildman–Crippen MR) is 88.0 cm³/mol. The second-order valence-electron chi connectivity index (χ2n) is 7.50. The molecular formula is C18H36N2. The molecule has 0 aromatic heterocycles. The summed E-state index contributed by atoms with van der Waals surface area (Å²) in [4.78, 5) is 2.80. The number of nitrogens with zero attached hydrogens (tertiary/aromatic N) is 1. The van der Waals surface area contributed by atoms with Crippen LogP contribution in [0.3, 0.4) is 0 Å². The van der Waals surface area contributed by atoms with Gasteiger partial charge in [0.15, 0.2) is 0 Å². The maximum Gasteiger partial charge on any atom is 0.0105 e. The average molecular weight is 280 g/mol. The van der Waals surface area contributed by atoms with Gasteiger partial charge >= 0.3 is 0 Å². The first-order valence-corrected chi connectivity index (χ1v) is 9.07. The Morgan fingerprint density at radius 2 is 1.80 bits per heavy atom. The van der Waals surface area contributed by atoms with Crippen LogP contribution in [0.1, 0.15) is 65.7 Å². The van der Waals surface area contributed by atoms with Crippen LogP contribution in [0.5, 0.6) is 0 Å². The highest BCUT2D eigenvalue weighted by molar-refractivity contribution is 4.88. The smallest absolute Gasteiger partial charge is 0.0105 e. The Balaban J connectivity index is 1.95. The number of nitrogens with one attached hydrogen (secondary N) is 1. The highest BCUT2D eigenvalue weighted by Crippen LogP contribution is 2.35. The molecule has 2 rings (SSSR count).